The molecule has 0 saturated heterocycles. The van der Waals surface area contributed by atoms with E-state index in [4.69, 9.17) is 4.74 Å². The van der Waals surface area contributed by atoms with Crippen molar-refractivity contribution in [1.82, 2.24) is 19.2 Å². The van der Waals surface area contributed by atoms with Crippen LogP contribution in [0.2, 0.25) is 0 Å². The summed E-state index contributed by atoms with van der Waals surface area (Å²) < 4.78 is 33.4. The molecule has 0 atom stereocenters. The SMILES string of the molecule is COc1ccc(S(=O)(=O)N(C)CC(=O)NCc2ccccc2-n2ccnc2C)cc1. The number of carbonyl (C=O) groups is 1. The maximum atomic E-state index is 12.7. The summed E-state index contributed by atoms with van der Waals surface area (Å²) in [7, 11) is -0.904. The summed E-state index contributed by atoms with van der Waals surface area (Å²) in [6, 6.07) is 13.7. The van der Waals surface area contributed by atoms with Crippen LogP contribution in [0.4, 0.5) is 0 Å². The molecule has 1 N–H and O–H groups in total. The van der Waals surface area contributed by atoms with E-state index in [1.54, 1.807) is 18.3 Å². The van der Waals surface area contributed by atoms with Gasteiger partial charge in [-0.05, 0) is 42.8 Å². The highest BCUT2D eigenvalue weighted by Gasteiger charge is 2.23. The first-order valence-electron chi connectivity index (χ1n) is 9.28. The summed E-state index contributed by atoms with van der Waals surface area (Å²) in [5.41, 5.74) is 1.81. The average molecular weight is 429 g/mol. The fourth-order valence-corrected chi connectivity index (χ4v) is 4.12. The molecule has 3 aromatic rings. The van der Waals surface area contributed by atoms with Gasteiger partial charge < -0.3 is 14.6 Å². The number of nitrogens with one attached hydrogen (secondary N) is 1. The Balaban J connectivity index is 1.66. The zero-order chi connectivity index (χ0) is 21.7. The molecule has 0 unspecified atom stereocenters. The number of carbonyl (C=O) groups excluding carboxylic acids is 1. The standard InChI is InChI=1S/C21H24N4O4S/c1-16-22-12-13-25(16)20-7-5-4-6-17(20)14-23-21(26)15-24(2)30(27,28)19-10-8-18(29-3)9-11-19/h4-13H,14-15H2,1-3H3,(H,23,26). The van der Waals surface area contributed by atoms with E-state index >= 15 is 0 Å². The number of amides is 1. The first kappa shape index (κ1) is 21.5. The Bertz CT molecular complexity index is 1120. The number of aryl methyl sites for hydroxylation is 1. The topological polar surface area (TPSA) is 93.5 Å². The number of ether oxygens (including phenoxy) is 1. The van der Waals surface area contributed by atoms with Gasteiger partial charge in [0.25, 0.3) is 0 Å². The minimum Gasteiger partial charge on any atom is -0.497 e. The first-order valence-corrected chi connectivity index (χ1v) is 10.7. The van der Waals surface area contributed by atoms with Gasteiger partial charge in [-0.25, -0.2) is 13.4 Å². The Labute approximate surface area is 176 Å². The summed E-state index contributed by atoms with van der Waals surface area (Å²) in [4.78, 5) is 16.7. The van der Waals surface area contributed by atoms with Crippen LogP contribution in [0.25, 0.3) is 5.69 Å². The van der Waals surface area contributed by atoms with Crippen molar-refractivity contribution in [2.75, 3.05) is 20.7 Å². The van der Waals surface area contributed by atoms with E-state index in [9.17, 15) is 13.2 Å². The predicted molar refractivity (Wildman–Crippen MR) is 113 cm³/mol. The molecule has 0 aliphatic rings. The lowest BCUT2D eigenvalue weighted by Gasteiger charge is -2.18. The van der Waals surface area contributed by atoms with Gasteiger partial charge in [-0.2, -0.15) is 4.31 Å². The molecule has 0 radical (unpaired) electrons. The Kier molecular flexibility index (Phi) is 6.53. The Morgan fingerprint density at radius 2 is 1.87 bits per heavy atom. The minimum absolute atomic E-state index is 0.0968. The second-order valence-electron chi connectivity index (χ2n) is 6.69. The molecule has 1 amide bonds. The van der Waals surface area contributed by atoms with Gasteiger partial charge in [-0.3, -0.25) is 4.79 Å². The molecule has 158 valence electrons. The minimum atomic E-state index is -3.79. The van der Waals surface area contributed by atoms with Crippen LogP contribution in [0, 0.1) is 6.92 Å². The first-order chi connectivity index (χ1) is 14.3. The van der Waals surface area contributed by atoms with Crippen LogP contribution in [0.1, 0.15) is 11.4 Å². The quantitative estimate of drug-likeness (QED) is 0.593. The van der Waals surface area contributed by atoms with Gasteiger partial charge in [0.2, 0.25) is 15.9 Å². The molecular formula is C21H24N4O4S. The van der Waals surface area contributed by atoms with Gasteiger partial charge in [0.1, 0.15) is 11.6 Å². The molecule has 1 heterocycles. The van der Waals surface area contributed by atoms with E-state index in [1.165, 1.54) is 26.3 Å². The third-order valence-electron chi connectivity index (χ3n) is 4.69. The number of para-hydroxylation sites is 1. The summed E-state index contributed by atoms with van der Waals surface area (Å²) in [6.45, 7) is 1.87. The highest BCUT2D eigenvalue weighted by molar-refractivity contribution is 7.89. The van der Waals surface area contributed by atoms with Crippen molar-refractivity contribution in [2.24, 2.45) is 0 Å². The molecule has 2 aromatic carbocycles. The van der Waals surface area contributed by atoms with Gasteiger partial charge >= 0.3 is 0 Å². The van der Waals surface area contributed by atoms with Crippen molar-refractivity contribution < 1.29 is 17.9 Å². The van der Waals surface area contributed by atoms with Crippen molar-refractivity contribution in [3.63, 3.8) is 0 Å². The molecule has 0 spiro atoms. The smallest absolute Gasteiger partial charge is 0.243 e. The number of sulfonamides is 1. The molecule has 0 aliphatic carbocycles. The molecule has 1 aromatic heterocycles. The van der Waals surface area contributed by atoms with Crippen LogP contribution in [0.15, 0.2) is 65.8 Å². The largest absolute Gasteiger partial charge is 0.497 e. The van der Waals surface area contributed by atoms with Gasteiger partial charge in [0, 0.05) is 26.0 Å². The van der Waals surface area contributed by atoms with Crippen molar-refractivity contribution in [3.05, 3.63) is 72.3 Å². The second kappa shape index (κ2) is 9.10. The van der Waals surface area contributed by atoms with E-state index in [0.717, 1.165) is 21.4 Å². The van der Waals surface area contributed by atoms with Gasteiger partial charge in [0.15, 0.2) is 0 Å². The van der Waals surface area contributed by atoms with Gasteiger partial charge in [-0.15, -0.1) is 0 Å². The fourth-order valence-electron chi connectivity index (χ4n) is 2.99. The fraction of sp³-hybridized carbons (Fsp3) is 0.238. The summed E-state index contributed by atoms with van der Waals surface area (Å²) in [5, 5.41) is 2.79. The lowest BCUT2D eigenvalue weighted by atomic mass is 10.1. The summed E-state index contributed by atoms with van der Waals surface area (Å²) in [6.07, 6.45) is 3.56. The second-order valence-corrected chi connectivity index (χ2v) is 8.73. The van der Waals surface area contributed by atoms with Crippen molar-refractivity contribution in [2.45, 2.75) is 18.4 Å². The van der Waals surface area contributed by atoms with E-state index in [2.05, 4.69) is 10.3 Å². The molecule has 3 rings (SSSR count). The van der Waals surface area contributed by atoms with Gasteiger partial charge in [-0.1, -0.05) is 18.2 Å². The van der Waals surface area contributed by atoms with Gasteiger partial charge in [0.05, 0.1) is 24.2 Å². The number of likely N-dealkylation sites (N-methyl/N-ethyl adjacent to an activating group) is 1. The lowest BCUT2D eigenvalue weighted by Crippen LogP contribution is -2.38. The molecule has 0 bridgehead atoms. The maximum Gasteiger partial charge on any atom is 0.243 e. The number of hydrogen-bond donors (Lipinski definition) is 1. The summed E-state index contributed by atoms with van der Waals surface area (Å²) in [5.74, 6) is 0.993. The molecule has 0 saturated carbocycles. The van der Waals surface area contributed by atoms with Crippen LogP contribution in [-0.2, 0) is 21.4 Å². The zero-order valence-electron chi connectivity index (χ0n) is 17.1. The lowest BCUT2D eigenvalue weighted by molar-refractivity contribution is -0.121. The van der Waals surface area contributed by atoms with Crippen molar-refractivity contribution >= 4 is 15.9 Å². The monoisotopic (exact) mass is 428 g/mol. The number of imidazole rings is 1. The number of methoxy groups -OCH3 is 1. The molecule has 9 heteroatoms. The molecule has 30 heavy (non-hydrogen) atoms. The van der Waals surface area contributed by atoms with Crippen LogP contribution in [-0.4, -0.2) is 48.9 Å². The molecule has 0 fully saturated rings. The normalized spacial score (nSPS) is 11.5. The third-order valence-corrected chi connectivity index (χ3v) is 6.50. The van der Waals surface area contributed by atoms with E-state index < -0.39 is 15.9 Å². The number of benzene rings is 2. The zero-order valence-corrected chi connectivity index (χ0v) is 17.9. The number of aromatic nitrogens is 2. The highest BCUT2D eigenvalue weighted by Crippen LogP contribution is 2.19. The Hall–Kier alpha value is -3.17. The van der Waals surface area contributed by atoms with Crippen LogP contribution in [0.3, 0.4) is 0 Å². The predicted octanol–water partition coefficient (Wildman–Crippen LogP) is 2.13. The average Bonchev–Trinajstić information content (AvgIpc) is 3.18. The highest BCUT2D eigenvalue weighted by atomic mass is 32.2. The Morgan fingerprint density at radius 3 is 2.50 bits per heavy atom. The van der Waals surface area contributed by atoms with Crippen molar-refractivity contribution in [1.29, 1.82) is 0 Å². The van der Waals surface area contributed by atoms with Crippen LogP contribution >= 0.6 is 0 Å². The number of nitrogens with zero attached hydrogens (tertiary/aromatic N) is 3. The maximum absolute atomic E-state index is 12.7. The van der Waals surface area contributed by atoms with Crippen LogP contribution in [0.5, 0.6) is 5.75 Å². The van der Waals surface area contributed by atoms with Crippen LogP contribution < -0.4 is 10.1 Å². The van der Waals surface area contributed by atoms with E-state index in [1.807, 2.05) is 42.0 Å². The van der Waals surface area contributed by atoms with Crippen molar-refractivity contribution in [3.8, 4) is 11.4 Å². The third kappa shape index (κ3) is 4.69. The molecule has 0 aliphatic heterocycles. The summed E-state index contributed by atoms with van der Waals surface area (Å²) >= 11 is 0. The Morgan fingerprint density at radius 1 is 1.17 bits per heavy atom. The van der Waals surface area contributed by atoms with E-state index in [-0.39, 0.29) is 18.0 Å². The number of hydrogen-bond acceptors (Lipinski definition) is 5. The van der Waals surface area contributed by atoms with E-state index in [0.29, 0.717) is 5.75 Å². The molecule has 8 nitrogen and oxygen atoms in total. The molecular weight excluding hydrogens is 404 g/mol. The number of rotatable bonds is 8.